The van der Waals surface area contributed by atoms with Crippen molar-refractivity contribution in [3.63, 3.8) is 0 Å². The summed E-state index contributed by atoms with van der Waals surface area (Å²) in [6, 6.07) is 5.10. The summed E-state index contributed by atoms with van der Waals surface area (Å²) in [7, 11) is 1.33. The highest BCUT2D eigenvalue weighted by atomic mass is 16.7. The molecule has 34 heavy (non-hydrogen) atoms. The molecule has 0 spiro atoms. The average Bonchev–Trinajstić information content (AvgIpc) is 2.81. The lowest BCUT2D eigenvalue weighted by atomic mass is 9.98. The number of benzene rings is 2. The molecule has 1 fully saturated rings. The number of methoxy groups -OCH3 is 1. The number of nitrogens with two attached hydrogens (primary N) is 1. The minimum Gasteiger partial charge on any atom is -0.507 e. The average molecular weight is 477 g/mol. The van der Waals surface area contributed by atoms with Crippen molar-refractivity contribution in [2.45, 2.75) is 30.6 Å². The molecule has 0 bridgehead atoms. The first-order valence-electron chi connectivity index (χ1n) is 10.1. The van der Waals surface area contributed by atoms with Crippen LogP contribution in [0, 0.1) is 0 Å². The minimum absolute atomic E-state index is 0.0715. The van der Waals surface area contributed by atoms with Crippen LogP contribution in [0.5, 0.6) is 28.7 Å². The number of phenolic OH excluding ortho intramolecular Hbond substituents is 2. The van der Waals surface area contributed by atoms with E-state index in [1.165, 1.54) is 31.4 Å². The van der Waals surface area contributed by atoms with Crippen LogP contribution < -0.4 is 20.6 Å². The number of hydrogen-bond acceptors (Lipinski definition) is 12. The van der Waals surface area contributed by atoms with Crippen molar-refractivity contribution < 1.29 is 49.3 Å². The topological polar surface area (TPSA) is 205 Å². The van der Waals surface area contributed by atoms with Gasteiger partial charge in [0, 0.05) is 17.7 Å². The maximum Gasteiger partial charge on any atom is 0.238 e. The van der Waals surface area contributed by atoms with Crippen molar-refractivity contribution in [1.29, 1.82) is 0 Å². The van der Waals surface area contributed by atoms with Crippen LogP contribution in [0.4, 0.5) is 0 Å². The Kier molecular flexibility index (Phi) is 6.25. The van der Waals surface area contributed by atoms with Crippen molar-refractivity contribution in [2.24, 2.45) is 5.73 Å². The quantitative estimate of drug-likeness (QED) is 0.254. The normalized spacial score (nSPS) is 24.8. The van der Waals surface area contributed by atoms with Gasteiger partial charge in [-0.25, -0.2) is 0 Å². The monoisotopic (exact) mass is 477 g/mol. The first kappa shape index (κ1) is 23.6. The Labute approximate surface area is 191 Å². The smallest absolute Gasteiger partial charge is 0.238 e. The molecule has 2 unspecified atom stereocenters. The lowest BCUT2D eigenvalue weighted by molar-refractivity contribution is -0.239. The number of fused-ring (bicyclic) bond motifs is 1. The van der Waals surface area contributed by atoms with Crippen molar-refractivity contribution in [3.8, 4) is 40.1 Å². The summed E-state index contributed by atoms with van der Waals surface area (Å²) >= 11 is 0. The van der Waals surface area contributed by atoms with E-state index < -0.39 is 54.2 Å². The van der Waals surface area contributed by atoms with Gasteiger partial charge in [0.1, 0.15) is 40.8 Å². The fraction of sp³-hybridized carbons (Fsp3) is 0.318. The maximum atomic E-state index is 12.8. The van der Waals surface area contributed by atoms with Crippen LogP contribution in [0.3, 0.4) is 0 Å². The van der Waals surface area contributed by atoms with Crippen LogP contribution in [-0.4, -0.2) is 75.0 Å². The summed E-state index contributed by atoms with van der Waals surface area (Å²) in [6.45, 7) is -0.610. The van der Waals surface area contributed by atoms with E-state index in [1.807, 2.05) is 0 Å². The van der Waals surface area contributed by atoms with Crippen molar-refractivity contribution in [3.05, 3.63) is 40.6 Å². The van der Waals surface area contributed by atoms with E-state index in [0.717, 1.165) is 6.07 Å². The van der Waals surface area contributed by atoms with E-state index in [-0.39, 0.29) is 39.5 Å². The SMILES string of the molecule is COc1cc(-c2oc3cc(O[C@H]4OC(CO)[C@@H](O)[C@H](O)C4N)cc(O)c3c(=O)c2O)ccc1O. The van der Waals surface area contributed by atoms with Gasteiger partial charge in [0.15, 0.2) is 17.3 Å². The predicted octanol–water partition coefficient (Wildman–Crippen LogP) is -0.270. The number of aromatic hydroxyl groups is 3. The molecule has 0 saturated carbocycles. The van der Waals surface area contributed by atoms with Gasteiger partial charge in [-0.15, -0.1) is 0 Å². The molecule has 0 aliphatic carbocycles. The molecule has 3 aromatic rings. The van der Waals surface area contributed by atoms with Crippen molar-refractivity contribution >= 4 is 11.0 Å². The second-order valence-electron chi connectivity index (χ2n) is 7.71. The molecule has 182 valence electrons. The first-order valence-corrected chi connectivity index (χ1v) is 10.1. The Morgan fingerprint density at radius 3 is 2.47 bits per heavy atom. The van der Waals surface area contributed by atoms with Crippen LogP contribution in [-0.2, 0) is 4.74 Å². The van der Waals surface area contributed by atoms with E-state index in [1.54, 1.807) is 0 Å². The van der Waals surface area contributed by atoms with E-state index in [0.29, 0.717) is 0 Å². The number of hydrogen-bond donors (Lipinski definition) is 7. The maximum absolute atomic E-state index is 12.8. The lowest BCUT2D eigenvalue weighted by Crippen LogP contribution is -2.63. The van der Waals surface area contributed by atoms with E-state index in [4.69, 9.17) is 24.4 Å². The molecule has 2 heterocycles. The Morgan fingerprint density at radius 1 is 1.06 bits per heavy atom. The van der Waals surface area contributed by atoms with Gasteiger partial charge in [-0.2, -0.15) is 0 Å². The van der Waals surface area contributed by atoms with Crippen molar-refractivity contribution in [2.75, 3.05) is 13.7 Å². The molecule has 4 rings (SSSR count). The summed E-state index contributed by atoms with van der Waals surface area (Å²) in [5.74, 6) is -1.77. The molecule has 1 aliphatic heterocycles. The van der Waals surface area contributed by atoms with Gasteiger partial charge >= 0.3 is 0 Å². The summed E-state index contributed by atoms with van der Waals surface area (Å²) in [6.07, 6.45) is -5.39. The Morgan fingerprint density at radius 2 is 1.79 bits per heavy atom. The molecule has 12 nitrogen and oxygen atoms in total. The summed E-state index contributed by atoms with van der Waals surface area (Å²) in [5, 5.41) is 59.7. The van der Waals surface area contributed by atoms with Gasteiger partial charge < -0.3 is 55.0 Å². The molecule has 1 aliphatic rings. The zero-order chi connectivity index (χ0) is 24.7. The fourth-order valence-electron chi connectivity index (χ4n) is 3.69. The molecule has 5 atom stereocenters. The first-order chi connectivity index (χ1) is 16.2. The fourth-order valence-corrected chi connectivity index (χ4v) is 3.69. The zero-order valence-electron chi connectivity index (χ0n) is 17.8. The van der Waals surface area contributed by atoms with E-state index >= 15 is 0 Å². The van der Waals surface area contributed by atoms with Crippen LogP contribution >= 0.6 is 0 Å². The van der Waals surface area contributed by atoms with Gasteiger partial charge in [0.25, 0.3) is 0 Å². The van der Waals surface area contributed by atoms with Gasteiger partial charge in [-0.1, -0.05) is 0 Å². The highest BCUT2D eigenvalue weighted by molar-refractivity contribution is 5.88. The number of aliphatic hydroxyl groups is 3. The summed E-state index contributed by atoms with van der Waals surface area (Å²) in [5.41, 5.74) is 4.99. The zero-order valence-corrected chi connectivity index (χ0v) is 17.8. The summed E-state index contributed by atoms with van der Waals surface area (Å²) < 4.78 is 21.7. The van der Waals surface area contributed by atoms with Gasteiger partial charge in [0.05, 0.1) is 19.8 Å². The third-order valence-corrected chi connectivity index (χ3v) is 5.55. The van der Waals surface area contributed by atoms with Crippen molar-refractivity contribution in [1.82, 2.24) is 0 Å². The van der Waals surface area contributed by atoms with Crippen LogP contribution in [0.25, 0.3) is 22.3 Å². The van der Waals surface area contributed by atoms with Gasteiger partial charge in [0.2, 0.25) is 17.5 Å². The molecular formula is C22H23NO11. The minimum atomic E-state index is -1.46. The second kappa shape index (κ2) is 9.00. The summed E-state index contributed by atoms with van der Waals surface area (Å²) in [4.78, 5) is 12.8. The molecule has 1 saturated heterocycles. The standard InChI is InChI=1S/C22H23NO11/c1-31-12-4-8(2-3-10(12)25)21-20(30)18(28)15-11(26)5-9(6-13(15)33-21)32-22-16(23)19(29)17(27)14(7-24)34-22/h2-6,14,16-17,19,22,24-27,29-30H,7,23H2,1H3/t14?,16?,17-,19-,22+/m1/s1. The number of phenols is 2. The highest BCUT2D eigenvalue weighted by Gasteiger charge is 2.43. The van der Waals surface area contributed by atoms with Crippen LogP contribution in [0.15, 0.2) is 39.5 Å². The molecule has 2 aromatic carbocycles. The number of ether oxygens (including phenoxy) is 3. The molecule has 0 radical (unpaired) electrons. The van der Waals surface area contributed by atoms with Gasteiger partial charge in [-0.3, -0.25) is 4.79 Å². The third kappa shape index (κ3) is 3.97. The molecule has 12 heteroatoms. The second-order valence-corrected chi connectivity index (χ2v) is 7.71. The van der Waals surface area contributed by atoms with Crippen LogP contribution in [0.2, 0.25) is 0 Å². The third-order valence-electron chi connectivity index (χ3n) is 5.55. The van der Waals surface area contributed by atoms with E-state index in [9.17, 15) is 35.4 Å². The lowest BCUT2D eigenvalue weighted by Gasteiger charge is -2.40. The highest BCUT2D eigenvalue weighted by Crippen LogP contribution is 2.38. The number of aliphatic hydroxyl groups excluding tert-OH is 3. The number of rotatable bonds is 5. The predicted molar refractivity (Wildman–Crippen MR) is 116 cm³/mol. The Bertz CT molecular complexity index is 1270. The molecule has 1 aromatic heterocycles. The Hall–Kier alpha value is -3.55. The van der Waals surface area contributed by atoms with Gasteiger partial charge in [-0.05, 0) is 18.2 Å². The van der Waals surface area contributed by atoms with E-state index in [2.05, 4.69) is 0 Å². The molecular weight excluding hydrogens is 454 g/mol. The molecule has 8 N–H and O–H groups in total. The van der Waals surface area contributed by atoms with Crippen LogP contribution in [0.1, 0.15) is 0 Å². The largest absolute Gasteiger partial charge is 0.507 e. The Balaban J connectivity index is 1.77. The molecule has 0 amide bonds.